The fourth-order valence-electron chi connectivity index (χ4n) is 2.57. The molecule has 1 unspecified atom stereocenters. The van der Waals surface area contributed by atoms with Crippen LogP contribution in [0.15, 0.2) is 47.5 Å². The van der Waals surface area contributed by atoms with E-state index < -0.39 is 0 Å². The molecule has 0 radical (unpaired) electrons. The fraction of sp³-hybridized carbons (Fsp3) is 0.250. The lowest BCUT2D eigenvalue weighted by Gasteiger charge is -2.14. The summed E-state index contributed by atoms with van der Waals surface area (Å²) < 4.78 is 5.00. The average Bonchev–Trinajstić information content (AvgIpc) is 3.12. The van der Waals surface area contributed by atoms with E-state index in [-0.39, 0.29) is 17.6 Å². The number of benzene rings is 1. The number of nitrogens with zero attached hydrogens (tertiary/aromatic N) is 3. The van der Waals surface area contributed by atoms with Crippen molar-refractivity contribution in [2.45, 2.75) is 13.0 Å². The maximum Gasteiger partial charge on any atom is 0.328 e. The smallest absolute Gasteiger partial charge is 0.328 e. The van der Waals surface area contributed by atoms with Gasteiger partial charge in [0.25, 0.3) is 0 Å². The molecule has 1 aromatic carbocycles. The van der Waals surface area contributed by atoms with Gasteiger partial charge in [0, 0.05) is 32.2 Å². The van der Waals surface area contributed by atoms with Gasteiger partial charge >= 0.3 is 5.69 Å². The molecule has 0 aliphatic carbocycles. The number of anilines is 1. The highest BCUT2D eigenvalue weighted by molar-refractivity contribution is 5.95. The van der Waals surface area contributed by atoms with Crippen LogP contribution < -0.4 is 11.0 Å². The Kier molecular flexibility index (Phi) is 3.36. The third kappa shape index (κ3) is 2.22. The van der Waals surface area contributed by atoms with Crippen molar-refractivity contribution < 1.29 is 4.79 Å². The van der Waals surface area contributed by atoms with E-state index in [2.05, 4.69) is 5.32 Å². The number of carbonyl (C=O) groups excluding carboxylic acids is 1. The summed E-state index contributed by atoms with van der Waals surface area (Å²) in [7, 11) is 3.45. The largest absolute Gasteiger partial charge is 0.342 e. The minimum Gasteiger partial charge on any atom is -0.342 e. The lowest BCUT2D eigenvalue weighted by atomic mass is 10.2. The van der Waals surface area contributed by atoms with E-state index in [1.165, 1.54) is 0 Å². The number of carbonyl (C=O) groups is 1. The third-order valence-electron chi connectivity index (χ3n) is 3.99. The first-order chi connectivity index (χ1) is 10.5. The summed E-state index contributed by atoms with van der Waals surface area (Å²) >= 11 is 0. The SMILES string of the molecule is CC(C(=O)Nc1ccc2c(c1)n(C)c(=O)n2C)n1cccc1. The van der Waals surface area contributed by atoms with E-state index in [0.29, 0.717) is 5.69 Å². The molecule has 0 aliphatic rings. The zero-order chi connectivity index (χ0) is 15.9. The number of aromatic nitrogens is 3. The monoisotopic (exact) mass is 298 g/mol. The highest BCUT2D eigenvalue weighted by Gasteiger charge is 2.15. The van der Waals surface area contributed by atoms with Crippen LogP contribution in [0.1, 0.15) is 13.0 Å². The van der Waals surface area contributed by atoms with Crippen molar-refractivity contribution in [2.75, 3.05) is 5.32 Å². The van der Waals surface area contributed by atoms with Crippen LogP contribution in [0.25, 0.3) is 11.0 Å². The van der Waals surface area contributed by atoms with Crippen LogP contribution in [0.4, 0.5) is 5.69 Å². The predicted octanol–water partition coefficient (Wildman–Crippen LogP) is 1.88. The van der Waals surface area contributed by atoms with Gasteiger partial charge in [-0.3, -0.25) is 13.9 Å². The second kappa shape index (κ2) is 5.22. The van der Waals surface area contributed by atoms with Crippen molar-refractivity contribution in [2.24, 2.45) is 14.1 Å². The van der Waals surface area contributed by atoms with Crippen LogP contribution in [0.2, 0.25) is 0 Å². The van der Waals surface area contributed by atoms with Gasteiger partial charge in [0.1, 0.15) is 6.04 Å². The maximum atomic E-state index is 12.3. The minimum atomic E-state index is -0.301. The number of hydrogen-bond donors (Lipinski definition) is 1. The second-order valence-corrected chi connectivity index (χ2v) is 5.40. The molecule has 0 spiro atoms. The summed E-state index contributed by atoms with van der Waals surface area (Å²) in [5.41, 5.74) is 2.22. The first-order valence-corrected chi connectivity index (χ1v) is 7.08. The molecule has 1 N–H and O–H groups in total. The summed E-state index contributed by atoms with van der Waals surface area (Å²) in [6, 6.07) is 8.93. The Labute approximate surface area is 127 Å². The van der Waals surface area contributed by atoms with Gasteiger partial charge < -0.3 is 9.88 Å². The molecule has 2 aromatic heterocycles. The molecule has 0 aliphatic heterocycles. The Hall–Kier alpha value is -2.76. The molecular weight excluding hydrogens is 280 g/mol. The van der Waals surface area contributed by atoms with Crippen molar-refractivity contribution in [3.63, 3.8) is 0 Å². The maximum absolute atomic E-state index is 12.3. The molecule has 1 amide bonds. The van der Waals surface area contributed by atoms with Gasteiger partial charge in [-0.1, -0.05) is 0 Å². The number of hydrogen-bond acceptors (Lipinski definition) is 2. The molecule has 3 aromatic rings. The highest BCUT2D eigenvalue weighted by atomic mass is 16.2. The zero-order valence-electron chi connectivity index (χ0n) is 12.8. The van der Waals surface area contributed by atoms with Crippen LogP contribution >= 0.6 is 0 Å². The Bertz CT molecular complexity index is 887. The lowest BCUT2D eigenvalue weighted by molar-refractivity contribution is -0.118. The highest BCUT2D eigenvalue weighted by Crippen LogP contribution is 2.19. The predicted molar refractivity (Wildman–Crippen MR) is 85.9 cm³/mol. The van der Waals surface area contributed by atoms with Gasteiger partial charge in [-0.15, -0.1) is 0 Å². The van der Waals surface area contributed by atoms with Crippen molar-refractivity contribution in [3.8, 4) is 0 Å². The molecule has 0 saturated carbocycles. The molecule has 114 valence electrons. The number of amides is 1. The first-order valence-electron chi connectivity index (χ1n) is 7.08. The topological polar surface area (TPSA) is 61.0 Å². The molecule has 1 atom stereocenters. The minimum absolute atomic E-state index is 0.0841. The van der Waals surface area contributed by atoms with E-state index in [4.69, 9.17) is 0 Å². The Morgan fingerprint density at radius 2 is 1.73 bits per heavy atom. The van der Waals surface area contributed by atoms with Crippen LogP contribution in [0.5, 0.6) is 0 Å². The summed E-state index contributed by atoms with van der Waals surface area (Å²) in [6.07, 6.45) is 3.71. The molecule has 22 heavy (non-hydrogen) atoms. The molecule has 0 saturated heterocycles. The lowest BCUT2D eigenvalue weighted by Crippen LogP contribution is -2.22. The standard InChI is InChI=1S/C16H18N4O2/c1-11(20-8-4-5-9-20)15(21)17-12-6-7-13-14(10-12)19(3)16(22)18(13)2/h4-11H,1-3H3,(H,17,21). The molecule has 0 bridgehead atoms. The Morgan fingerprint density at radius 3 is 2.41 bits per heavy atom. The molecular formula is C16H18N4O2. The van der Waals surface area contributed by atoms with E-state index in [1.54, 1.807) is 23.2 Å². The molecule has 6 nitrogen and oxygen atoms in total. The van der Waals surface area contributed by atoms with Crippen LogP contribution in [0, 0.1) is 0 Å². The molecule has 2 heterocycles. The summed E-state index contributed by atoms with van der Waals surface area (Å²) in [4.78, 5) is 24.2. The summed E-state index contributed by atoms with van der Waals surface area (Å²) in [6.45, 7) is 1.84. The number of aryl methyl sites for hydroxylation is 2. The van der Waals surface area contributed by atoms with Crippen LogP contribution in [-0.2, 0) is 18.9 Å². The Balaban J connectivity index is 1.90. The Morgan fingerprint density at radius 1 is 1.09 bits per heavy atom. The van der Waals surface area contributed by atoms with Gasteiger partial charge in [-0.25, -0.2) is 4.79 Å². The first kappa shape index (κ1) is 14.2. The number of imidazole rings is 1. The zero-order valence-corrected chi connectivity index (χ0v) is 12.8. The summed E-state index contributed by atoms with van der Waals surface area (Å²) in [5.74, 6) is -0.100. The second-order valence-electron chi connectivity index (χ2n) is 5.40. The van der Waals surface area contributed by atoms with Gasteiger partial charge in [-0.05, 0) is 37.3 Å². The number of fused-ring (bicyclic) bond motifs is 1. The van der Waals surface area contributed by atoms with E-state index in [0.717, 1.165) is 11.0 Å². The van der Waals surface area contributed by atoms with E-state index >= 15 is 0 Å². The van der Waals surface area contributed by atoms with Crippen molar-refractivity contribution >= 4 is 22.6 Å². The summed E-state index contributed by atoms with van der Waals surface area (Å²) in [5, 5.41) is 2.89. The third-order valence-corrected chi connectivity index (χ3v) is 3.99. The van der Waals surface area contributed by atoms with Crippen molar-refractivity contribution in [1.29, 1.82) is 0 Å². The average molecular weight is 298 g/mol. The number of rotatable bonds is 3. The molecule has 6 heteroatoms. The quantitative estimate of drug-likeness (QED) is 0.802. The van der Waals surface area contributed by atoms with E-state index in [1.807, 2.05) is 54.2 Å². The van der Waals surface area contributed by atoms with Crippen molar-refractivity contribution in [1.82, 2.24) is 13.7 Å². The van der Waals surface area contributed by atoms with Crippen LogP contribution in [-0.4, -0.2) is 19.6 Å². The van der Waals surface area contributed by atoms with Gasteiger partial charge in [0.2, 0.25) is 5.91 Å². The van der Waals surface area contributed by atoms with Crippen LogP contribution in [0.3, 0.4) is 0 Å². The van der Waals surface area contributed by atoms with Gasteiger partial charge in [0.05, 0.1) is 11.0 Å². The molecule has 0 fully saturated rings. The fourth-order valence-corrected chi connectivity index (χ4v) is 2.57. The van der Waals surface area contributed by atoms with E-state index in [9.17, 15) is 9.59 Å². The van der Waals surface area contributed by atoms with Gasteiger partial charge in [0.15, 0.2) is 0 Å². The normalized spacial score (nSPS) is 12.5. The number of nitrogens with one attached hydrogen (secondary N) is 1. The molecule has 3 rings (SSSR count). The van der Waals surface area contributed by atoms with Gasteiger partial charge in [-0.2, -0.15) is 0 Å². The van der Waals surface area contributed by atoms with Crippen molar-refractivity contribution in [3.05, 3.63) is 53.2 Å².